The highest BCUT2D eigenvalue weighted by molar-refractivity contribution is 7.12. The zero-order chi connectivity index (χ0) is 17.3. The van der Waals surface area contributed by atoms with Crippen molar-refractivity contribution >= 4 is 28.9 Å². The average Bonchev–Trinajstić information content (AvgIpc) is 2.90. The molecular formula is C17H22N2O4S. The lowest BCUT2D eigenvalue weighted by molar-refractivity contribution is -0.140. The number of carbonyl (C=O) groups is 3. The molecule has 0 unspecified atom stereocenters. The summed E-state index contributed by atoms with van der Waals surface area (Å²) in [4.78, 5) is 41.1. The number of thiophene rings is 1. The van der Waals surface area contributed by atoms with Crippen LogP contribution in [0.2, 0.25) is 0 Å². The fourth-order valence-corrected chi connectivity index (χ4v) is 4.29. The maximum absolute atomic E-state index is 12.8. The number of ether oxygens (including phenoxy) is 1. The van der Waals surface area contributed by atoms with Crippen molar-refractivity contribution in [1.29, 1.82) is 0 Å². The summed E-state index contributed by atoms with van der Waals surface area (Å²) in [5.74, 6) is -0.114. The fraction of sp³-hybridized carbons (Fsp3) is 0.588. The zero-order valence-corrected chi connectivity index (χ0v) is 14.8. The van der Waals surface area contributed by atoms with Crippen LogP contribution in [0.3, 0.4) is 0 Å². The molecule has 130 valence electrons. The SMILES string of the molecule is COCCN1C(=O)[C@H]2CC[C@@H]1CN(C(=O)c1csc(C(C)=O)c1)C2. The summed E-state index contributed by atoms with van der Waals surface area (Å²) in [6.07, 6.45) is 1.76. The monoisotopic (exact) mass is 350 g/mol. The number of Topliss-reactive ketones (excluding diaryl/α,β-unsaturated/α-hetero) is 1. The number of fused-ring (bicyclic) bond motifs is 4. The van der Waals surface area contributed by atoms with Crippen molar-refractivity contribution in [2.24, 2.45) is 5.92 Å². The Hall–Kier alpha value is -1.73. The van der Waals surface area contributed by atoms with Crippen molar-refractivity contribution < 1.29 is 19.1 Å². The Kier molecular flexibility index (Phi) is 5.01. The molecule has 0 aromatic carbocycles. The van der Waals surface area contributed by atoms with Gasteiger partial charge in [0.25, 0.3) is 5.91 Å². The number of hydrogen-bond donors (Lipinski definition) is 0. The van der Waals surface area contributed by atoms with Crippen LogP contribution in [0.15, 0.2) is 11.4 Å². The van der Waals surface area contributed by atoms with E-state index < -0.39 is 0 Å². The molecule has 0 spiro atoms. The van der Waals surface area contributed by atoms with Crippen LogP contribution in [-0.2, 0) is 9.53 Å². The first-order valence-electron chi connectivity index (χ1n) is 8.19. The van der Waals surface area contributed by atoms with Crippen LogP contribution in [0, 0.1) is 5.92 Å². The highest BCUT2D eigenvalue weighted by atomic mass is 32.1. The number of hydrogen-bond acceptors (Lipinski definition) is 5. The Bertz CT molecular complexity index is 657. The Morgan fingerprint density at radius 2 is 2.12 bits per heavy atom. The summed E-state index contributed by atoms with van der Waals surface area (Å²) in [5.41, 5.74) is 0.544. The minimum Gasteiger partial charge on any atom is -0.383 e. The molecular weight excluding hydrogens is 328 g/mol. The molecule has 1 aromatic heterocycles. The van der Waals surface area contributed by atoms with E-state index in [1.807, 2.05) is 4.90 Å². The minimum absolute atomic E-state index is 0.0316. The van der Waals surface area contributed by atoms with E-state index in [1.165, 1.54) is 18.3 Å². The summed E-state index contributed by atoms with van der Waals surface area (Å²) >= 11 is 1.29. The number of rotatable bonds is 5. The zero-order valence-electron chi connectivity index (χ0n) is 14.0. The van der Waals surface area contributed by atoms with Gasteiger partial charge in [-0.15, -0.1) is 11.3 Å². The van der Waals surface area contributed by atoms with E-state index in [4.69, 9.17) is 4.74 Å². The normalized spacial score (nSPS) is 23.5. The summed E-state index contributed by atoms with van der Waals surface area (Å²) in [7, 11) is 1.62. The largest absolute Gasteiger partial charge is 0.383 e. The number of ketones is 1. The number of amides is 2. The van der Waals surface area contributed by atoms with Crippen LogP contribution in [0.4, 0.5) is 0 Å². The van der Waals surface area contributed by atoms with Crippen LogP contribution in [0.25, 0.3) is 0 Å². The molecule has 2 atom stereocenters. The molecule has 24 heavy (non-hydrogen) atoms. The van der Waals surface area contributed by atoms with Crippen molar-refractivity contribution in [2.75, 3.05) is 33.4 Å². The second-order valence-electron chi connectivity index (χ2n) is 6.42. The third-order valence-electron chi connectivity index (χ3n) is 4.81. The van der Waals surface area contributed by atoms with Crippen LogP contribution in [0.5, 0.6) is 0 Å². The van der Waals surface area contributed by atoms with Gasteiger partial charge in [-0.1, -0.05) is 0 Å². The predicted octanol–water partition coefficient (Wildman–Crippen LogP) is 1.66. The molecule has 0 radical (unpaired) electrons. The maximum atomic E-state index is 12.8. The van der Waals surface area contributed by atoms with Crippen molar-refractivity contribution in [1.82, 2.24) is 9.80 Å². The number of piperidine rings is 1. The lowest BCUT2D eigenvalue weighted by Gasteiger charge is -2.35. The van der Waals surface area contributed by atoms with E-state index in [-0.39, 0.29) is 29.6 Å². The van der Waals surface area contributed by atoms with Gasteiger partial charge in [0.2, 0.25) is 5.91 Å². The second kappa shape index (κ2) is 7.03. The third kappa shape index (κ3) is 3.23. The van der Waals surface area contributed by atoms with Gasteiger partial charge in [-0.3, -0.25) is 14.4 Å². The smallest absolute Gasteiger partial charge is 0.254 e. The molecule has 0 N–H and O–H groups in total. The Balaban J connectivity index is 1.77. The van der Waals surface area contributed by atoms with E-state index in [0.29, 0.717) is 36.7 Å². The quantitative estimate of drug-likeness (QED) is 0.758. The van der Waals surface area contributed by atoms with Gasteiger partial charge in [0.1, 0.15) is 0 Å². The van der Waals surface area contributed by atoms with E-state index in [1.54, 1.807) is 23.5 Å². The van der Waals surface area contributed by atoms with Gasteiger partial charge in [0.15, 0.2) is 5.78 Å². The van der Waals surface area contributed by atoms with E-state index in [9.17, 15) is 14.4 Å². The topological polar surface area (TPSA) is 66.9 Å². The highest BCUT2D eigenvalue weighted by Gasteiger charge is 2.41. The number of methoxy groups -OCH3 is 1. The molecule has 0 aliphatic carbocycles. The molecule has 2 bridgehead atoms. The van der Waals surface area contributed by atoms with Crippen LogP contribution in [0.1, 0.15) is 39.8 Å². The average molecular weight is 350 g/mol. The maximum Gasteiger partial charge on any atom is 0.254 e. The van der Waals surface area contributed by atoms with Crippen molar-refractivity contribution in [3.8, 4) is 0 Å². The molecule has 0 saturated carbocycles. The van der Waals surface area contributed by atoms with Gasteiger partial charge in [0.05, 0.1) is 23.0 Å². The molecule has 4 heterocycles. The molecule has 6 nitrogen and oxygen atoms in total. The molecule has 7 heteroatoms. The molecule has 3 aliphatic heterocycles. The molecule has 1 aromatic rings. The highest BCUT2D eigenvalue weighted by Crippen LogP contribution is 2.30. The summed E-state index contributed by atoms with van der Waals surface area (Å²) < 4.78 is 5.11. The fourth-order valence-electron chi connectivity index (χ4n) is 3.51. The van der Waals surface area contributed by atoms with Gasteiger partial charge < -0.3 is 14.5 Å². The van der Waals surface area contributed by atoms with Gasteiger partial charge in [0, 0.05) is 38.2 Å². The molecule has 2 amide bonds. The Morgan fingerprint density at radius 3 is 2.79 bits per heavy atom. The van der Waals surface area contributed by atoms with E-state index >= 15 is 0 Å². The van der Waals surface area contributed by atoms with Gasteiger partial charge in [-0.2, -0.15) is 0 Å². The van der Waals surface area contributed by atoms with Gasteiger partial charge in [-0.25, -0.2) is 0 Å². The first kappa shape index (κ1) is 17.1. The molecule has 3 saturated heterocycles. The van der Waals surface area contributed by atoms with Crippen molar-refractivity contribution in [2.45, 2.75) is 25.8 Å². The first-order chi connectivity index (χ1) is 11.5. The number of nitrogens with zero attached hydrogens (tertiary/aromatic N) is 2. The first-order valence-corrected chi connectivity index (χ1v) is 9.07. The predicted molar refractivity (Wildman–Crippen MR) is 90.3 cm³/mol. The molecule has 4 rings (SSSR count). The van der Waals surface area contributed by atoms with Gasteiger partial charge >= 0.3 is 0 Å². The Morgan fingerprint density at radius 1 is 1.33 bits per heavy atom. The minimum atomic E-state index is -0.129. The Labute approximate surface area is 145 Å². The summed E-state index contributed by atoms with van der Waals surface area (Å²) in [5, 5.41) is 1.73. The van der Waals surface area contributed by atoms with Crippen molar-refractivity contribution in [3.63, 3.8) is 0 Å². The second-order valence-corrected chi connectivity index (χ2v) is 7.33. The lowest BCUT2D eigenvalue weighted by Crippen LogP contribution is -2.49. The number of carbonyl (C=O) groups excluding carboxylic acids is 3. The lowest BCUT2D eigenvalue weighted by atomic mass is 9.94. The van der Waals surface area contributed by atoms with E-state index in [0.717, 1.165) is 12.8 Å². The van der Waals surface area contributed by atoms with Crippen LogP contribution >= 0.6 is 11.3 Å². The molecule has 3 aliphatic rings. The summed E-state index contributed by atoms with van der Waals surface area (Å²) in [6.45, 7) is 3.60. The van der Waals surface area contributed by atoms with Crippen LogP contribution < -0.4 is 0 Å². The molecule has 3 fully saturated rings. The third-order valence-corrected chi connectivity index (χ3v) is 5.84. The van der Waals surface area contributed by atoms with Gasteiger partial charge in [-0.05, 0) is 25.8 Å². The summed E-state index contributed by atoms with van der Waals surface area (Å²) in [6, 6.07) is 1.72. The van der Waals surface area contributed by atoms with E-state index in [2.05, 4.69) is 0 Å². The van der Waals surface area contributed by atoms with Crippen LogP contribution in [-0.4, -0.2) is 66.8 Å². The standard InChI is InChI=1S/C17H22N2O4S/c1-11(20)15-7-13(10-24-15)16(21)18-8-12-3-4-14(9-18)19(17(12)22)5-6-23-2/h7,10,12,14H,3-6,8-9H2,1-2H3/t12-,14+/m0/s1. The van der Waals surface area contributed by atoms with Crippen molar-refractivity contribution in [3.05, 3.63) is 21.9 Å².